The Kier molecular flexibility index (Phi) is 3.69. The summed E-state index contributed by atoms with van der Waals surface area (Å²) in [6.45, 7) is 6.46. The first-order valence-corrected chi connectivity index (χ1v) is 6.31. The zero-order chi connectivity index (χ0) is 14.0. The first-order valence-electron chi connectivity index (χ1n) is 6.31. The van der Waals surface area contributed by atoms with Crippen LogP contribution in [0.3, 0.4) is 0 Å². The molecule has 0 aliphatic rings. The average Bonchev–Trinajstić information content (AvgIpc) is 2.64. The summed E-state index contributed by atoms with van der Waals surface area (Å²) in [7, 11) is 1.93. The van der Waals surface area contributed by atoms with Crippen molar-refractivity contribution in [2.45, 2.75) is 20.8 Å². The number of hydrogen-bond acceptors (Lipinski definition) is 3. The normalized spacial score (nSPS) is 10.5. The number of nitrogens with zero attached hydrogens (tertiary/aromatic N) is 2. The zero-order valence-corrected chi connectivity index (χ0v) is 11.7. The van der Waals surface area contributed by atoms with E-state index in [0.717, 1.165) is 28.8 Å². The van der Waals surface area contributed by atoms with Gasteiger partial charge >= 0.3 is 0 Å². The fourth-order valence-electron chi connectivity index (χ4n) is 2.26. The molecule has 0 spiro atoms. The van der Waals surface area contributed by atoms with Crippen LogP contribution in [0.15, 0.2) is 18.2 Å². The Morgan fingerprint density at radius 1 is 1.37 bits per heavy atom. The van der Waals surface area contributed by atoms with Gasteiger partial charge in [0.2, 0.25) is 0 Å². The van der Waals surface area contributed by atoms with Crippen LogP contribution in [-0.2, 0) is 7.05 Å². The second kappa shape index (κ2) is 5.26. The number of aryl methyl sites for hydroxylation is 2. The van der Waals surface area contributed by atoms with Gasteiger partial charge < -0.3 is 4.74 Å². The molecule has 0 aliphatic carbocycles. The van der Waals surface area contributed by atoms with Gasteiger partial charge in [-0.05, 0) is 38.5 Å². The molecule has 100 valence electrons. The smallest absolute Gasteiger partial charge is 0.153 e. The number of hydrogen-bond donors (Lipinski definition) is 0. The van der Waals surface area contributed by atoms with Gasteiger partial charge in [-0.25, -0.2) is 0 Å². The lowest BCUT2D eigenvalue weighted by atomic mass is 10.0. The number of rotatable bonds is 4. The Morgan fingerprint density at radius 2 is 2.11 bits per heavy atom. The second-order valence-electron chi connectivity index (χ2n) is 4.47. The minimum atomic E-state index is 0.537. The van der Waals surface area contributed by atoms with E-state index >= 15 is 0 Å². The molecule has 0 radical (unpaired) electrons. The van der Waals surface area contributed by atoms with E-state index in [-0.39, 0.29) is 0 Å². The van der Waals surface area contributed by atoms with Gasteiger partial charge in [0.1, 0.15) is 5.75 Å². The molecule has 1 heterocycles. The SMILES string of the molecule is CCOc1cc(-c2c(C)nn(C)c2C)ccc1C=O. The molecule has 4 heteroatoms. The summed E-state index contributed by atoms with van der Waals surface area (Å²) in [5.41, 5.74) is 4.77. The van der Waals surface area contributed by atoms with Gasteiger partial charge in [-0.2, -0.15) is 5.10 Å². The first-order chi connectivity index (χ1) is 9.08. The Labute approximate surface area is 113 Å². The van der Waals surface area contributed by atoms with Crippen molar-refractivity contribution >= 4 is 6.29 Å². The lowest BCUT2D eigenvalue weighted by molar-refractivity contribution is 0.112. The van der Waals surface area contributed by atoms with Crippen molar-refractivity contribution in [2.24, 2.45) is 7.05 Å². The molecule has 0 N–H and O–H groups in total. The molecule has 0 fully saturated rings. The highest BCUT2D eigenvalue weighted by molar-refractivity contribution is 5.82. The van der Waals surface area contributed by atoms with Gasteiger partial charge in [-0.3, -0.25) is 9.48 Å². The first kappa shape index (κ1) is 13.3. The maximum absolute atomic E-state index is 11.0. The van der Waals surface area contributed by atoms with Gasteiger partial charge in [0.25, 0.3) is 0 Å². The van der Waals surface area contributed by atoms with Crippen molar-refractivity contribution in [1.82, 2.24) is 9.78 Å². The molecule has 0 bridgehead atoms. The summed E-state index contributed by atoms with van der Waals surface area (Å²) in [5.74, 6) is 0.623. The van der Waals surface area contributed by atoms with E-state index < -0.39 is 0 Å². The maximum Gasteiger partial charge on any atom is 0.153 e. The van der Waals surface area contributed by atoms with Crippen LogP contribution in [0.4, 0.5) is 0 Å². The van der Waals surface area contributed by atoms with Crippen LogP contribution in [0, 0.1) is 13.8 Å². The quantitative estimate of drug-likeness (QED) is 0.792. The molecule has 0 atom stereocenters. The molecule has 0 unspecified atom stereocenters. The summed E-state index contributed by atoms with van der Waals surface area (Å²) in [5, 5.41) is 4.41. The Hall–Kier alpha value is -2.10. The minimum Gasteiger partial charge on any atom is -0.493 e. The molecular weight excluding hydrogens is 240 g/mol. The van der Waals surface area contributed by atoms with Crippen LogP contribution in [-0.4, -0.2) is 22.7 Å². The van der Waals surface area contributed by atoms with Crippen molar-refractivity contribution in [3.05, 3.63) is 35.2 Å². The molecule has 0 saturated carbocycles. The molecule has 0 amide bonds. The molecular formula is C15H18N2O2. The highest BCUT2D eigenvalue weighted by Gasteiger charge is 2.13. The van der Waals surface area contributed by atoms with E-state index in [2.05, 4.69) is 5.10 Å². The monoisotopic (exact) mass is 258 g/mol. The molecule has 0 saturated heterocycles. The average molecular weight is 258 g/mol. The topological polar surface area (TPSA) is 44.1 Å². The van der Waals surface area contributed by atoms with Crippen LogP contribution >= 0.6 is 0 Å². The number of benzene rings is 1. The van der Waals surface area contributed by atoms with Gasteiger partial charge in [0.05, 0.1) is 17.9 Å². The predicted molar refractivity (Wildman–Crippen MR) is 74.7 cm³/mol. The molecule has 2 aromatic rings. The van der Waals surface area contributed by atoms with E-state index in [4.69, 9.17) is 4.74 Å². The van der Waals surface area contributed by atoms with Crippen LogP contribution in [0.1, 0.15) is 28.7 Å². The van der Waals surface area contributed by atoms with Crippen molar-refractivity contribution in [1.29, 1.82) is 0 Å². The maximum atomic E-state index is 11.0. The third-order valence-electron chi connectivity index (χ3n) is 3.24. The number of ether oxygens (including phenoxy) is 1. The third-order valence-corrected chi connectivity index (χ3v) is 3.24. The summed E-state index contributed by atoms with van der Waals surface area (Å²) >= 11 is 0. The summed E-state index contributed by atoms with van der Waals surface area (Å²) in [6.07, 6.45) is 0.817. The van der Waals surface area contributed by atoms with E-state index in [1.165, 1.54) is 0 Å². The predicted octanol–water partition coefficient (Wildman–Crippen LogP) is 2.92. The molecule has 19 heavy (non-hydrogen) atoms. The molecule has 4 nitrogen and oxygen atoms in total. The summed E-state index contributed by atoms with van der Waals surface area (Å²) < 4.78 is 7.38. The zero-order valence-electron chi connectivity index (χ0n) is 11.7. The molecule has 0 aliphatic heterocycles. The van der Waals surface area contributed by atoms with Crippen molar-refractivity contribution in [3.8, 4) is 16.9 Å². The van der Waals surface area contributed by atoms with E-state index in [1.54, 1.807) is 6.07 Å². The van der Waals surface area contributed by atoms with E-state index in [1.807, 2.05) is 44.6 Å². The third kappa shape index (κ3) is 2.38. The van der Waals surface area contributed by atoms with Gasteiger partial charge in [-0.15, -0.1) is 0 Å². The Morgan fingerprint density at radius 3 is 2.63 bits per heavy atom. The number of carbonyl (C=O) groups is 1. The van der Waals surface area contributed by atoms with Gasteiger partial charge in [-0.1, -0.05) is 6.07 Å². The number of aromatic nitrogens is 2. The minimum absolute atomic E-state index is 0.537. The van der Waals surface area contributed by atoms with Crippen molar-refractivity contribution in [3.63, 3.8) is 0 Å². The number of carbonyl (C=O) groups excluding carboxylic acids is 1. The Bertz CT molecular complexity index is 615. The summed E-state index contributed by atoms with van der Waals surface area (Å²) in [4.78, 5) is 11.0. The standard InChI is InChI=1S/C15H18N2O2/c1-5-19-14-8-12(6-7-13(14)9-18)15-10(2)16-17(4)11(15)3/h6-9H,5H2,1-4H3. The second-order valence-corrected chi connectivity index (χ2v) is 4.47. The largest absolute Gasteiger partial charge is 0.493 e. The fourth-order valence-corrected chi connectivity index (χ4v) is 2.26. The fraction of sp³-hybridized carbons (Fsp3) is 0.333. The molecule has 1 aromatic heterocycles. The summed E-state index contributed by atoms with van der Waals surface area (Å²) in [6, 6.07) is 5.63. The van der Waals surface area contributed by atoms with Crippen LogP contribution in [0.25, 0.3) is 11.1 Å². The number of aldehydes is 1. The highest BCUT2D eigenvalue weighted by Crippen LogP contribution is 2.30. The van der Waals surface area contributed by atoms with Crippen molar-refractivity contribution in [2.75, 3.05) is 6.61 Å². The van der Waals surface area contributed by atoms with E-state index in [9.17, 15) is 4.79 Å². The molecule has 2 rings (SSSR count). The Balaban J connectivity index is 2.57. The van der Waals surface area contributed by atoms with Crippen LogP contribution in [0.5, 0.6) is 5.75 Å². The van der Waals surface area contributed by atoms with Gasteiger partial charge in [0.15, 0.2) is 6.29 Å². The van der Waals surface area contributed by atoms with Crippen LogP contribution < -0.4 is 4.74 Å². The molecule has 1 aromatic carbocycles. The van der Waals surface area contributed by atoms with E-state index in [0.29, 0.717) is 17.9 Å². The lowest BCUT2D eigenvalue weighted by Gasteiger charge is -2.09. The highest BCUT2D eigenvalue weighted by atomic mass is 16.5. The lowest BCUT2D eigenvalue weighted by Crippen LogP contribution is -1.97. The van der Waals surface area contributed by atoms with Gasteiger partial charge in [0, 0.05) is 18.3 Å². The van der Waals surface area contributed by atoms with Crippen LogP contribution in [0.2, 0.25) is 0 Å². The van der Waals surface area contributed by atoms with Crippen molar-refractivity contribution < 1.29 is 9.53 Å².